The second-order valence-electron chi connectivity index (χ2n) is 6.20. The number of hydrogen-bond donors (Lipinski definition) is 1. The molecule has 1 saturated heterocycles. The van der Waals surface area contributed by atoms with E-state index in [1.54, 1.807) is 31.2 Å². The average molecular weight is 476 g/mol. The first kappa shape index (κ1) is 22.3. The molecule has 3 rings (SSSR count). The SMILES string of the molecule is CC(Sc1ccc(S(=O)(=O)N2CCOCC2)cn1)C(=O)Nc1cccc(Cl)c1Cl. The number of pyridine rings is 1. The summed E-state index contributed by atoms with van der Waals surface area (Å²) in [6.07, 6.45) is 1.31. The van der Waals surface area contributed by atoms with Crippen molar-refractivity contribution >= 4 is 56.6 Å². The maximum Gasteiger partial charge on any atom is 0.244 e. The van der Waals surface area contributed by atoms with Crippen molar-refractivity contribution in [3.8, 4) is 0 Å². The minimum Gasteiger partial charge on any atom is -0.379 e. The van der Waals surface area contributed by atoms with Gasteiger partial charge < -0.3 is 10.1 Å². The minimum atomic E-state index is -3.60. The van der Waals surface area contributed by atoms with E-state index in [0.717, 1.165) is 0 Å². The molecule has 1 aromatic heterocycles. The summed E-state index contributed by atoms with van der Waals surface area (Å²) in [6, 6.07) is 8.07. The fraction of sp³-hybridized carbons (Fsp3) is 0.333. The maximum atomic E-state index is 12.6. The number of aromatic nitrogens is 1. The molecule has 2 heterocycles. The van der Waals surface area contributed by atoms with Gasteiger partial charge in [-0.1, -0.05) is 41.0 Å². The molecule has 11 heteroatoms. The Hall–Kier alpha value is -1.36. The molecule has 0 bridgehead atoms. The van der Waals surface area contributed by atoms with Crippen molar-refractivity contribution in [2.75, 3.05) is 31.6 Å². The molecule has 0 aliphatic carbocycles. The molecule has 1 unspecified atom stereocenters. The first-order chi connectivity index (χ1) is 13.8. The van der Waals surface area contributed by atoms with Gasteiger partial charge in [0.1, 0.15) is 4.90 Å². The van der Waals surface area contributed by atoms with Crippen LogP contribution in [0.1, 0.15) is 6.92 Å². The molecule has 1 amide bonds. The zero-order valence-electron chi connectivity index (χ0n) is 15.5. The molecule has 1 fully saturated rings. The predicted molar refractivity (Wildman–Crippen MR) is 114 cm³/mol. The number of carbonyl (C=O) groups is 1. The van der Waals surface area contributed by atoms with E-state index >= 15 is 0 Å². The molecule has 1 aromatic carbocycles. The smallest absolute Gasteiger partial charge is 0.244 e. The number of halogens is 2. The van der Waals surface area contributed by atoms with Crippen molar-refractivity contribution in [3.63, 3.8) is 0 Å². The molecule has 2 aromatic rings. The van der Waals surface area contributed by atoms with E-state index in [9.17, 15) is 13.2 Å². The lowest BCUT2D eigenvalue weighted by atomic mass is 10.3. The highest BCUT2D eigenvalue weighted by Crippen LogP contribution is 2.31. The first-order valence-corrected chi connectivity index (χ1v) is 11.8. The fourth-order valence-corrected chi connectivity index (χ4v) is 5.08. The number of morpholine rings is 1. The summed E-state index contributed by atoms with van der Waals surface area (Å²) in [6.45, 7) is 3.12. The molecule has 1 N–H and O–H groups in total. The monoisotopic (exact) mass is 475 g/mol. The van der Waals surface area contributed by atoms with Gasteiger partial charge in [-0.2, -0.15) is 4.31 Å². The van der Waals surface area contributed by atoms with Crippen LogP contribution in [0.25, 0.3) is 0 Å². The van der Waals surface area contributed by atoms with Crippen molar-refractivity contribution in [1.29, 1.82) is 0 Å². The number of ether oxygens (including phenoxy) is 1. The summed E-state index contributed by atoms with van der Waals surface area (Å²) in [5.41, 5.74) is 0.427. The van der Waals surface area contributed by atoms with Crippen LogP contribution in [0.5, 0.6) is 0 Å². The Bertz CT molecular complexity index is 981. The number of carbonyl (C=O) groups excluding carboxylic acids is 1. The number of amides is 1. The van der Waals surface area contributed by atoms with E-state index < -0.39 is 15.3 Å². The fourth-order valence-electron chi connectivity index (χ4n) is 2.59. The number of sulfonamides is 1. The van der Waals surface area contributed by atoms with E-state index in [2.05, 4.69) is 10.3 Å². The van der Waals surface area contributed by atoms with Crippen molar-refractivity contribution in [2.24, 2.45) is 0 Å². The molecular formula is C18H19Cl2N3O4S2. The molecule has 7 nitrogen and oxygen atoms in total. The number of thioether (sulfide) groups is 1. The summed E-state index contributed by atoms with van der Waals surface area (Å²) in [4.78, 5) is 16.8. The zero-order chi connectivity index (χ0) is 21.0. The molecule has 156 valence electrons. The van der Waals surface area contributed by atoms with E-state index in [0.29, 0.717) is 42.0 Å². The van der Waals surface area contributed by atoms with E-state index in [-0.39, 0.29) is 15.8 Å². The lowest BCUT2D eigenvalue weighted by Crippen LogP contribution is -2.40. The molecule has 29 heavy (non-hydrogen) atoms. The van der Waals surface area contributed by atoms with Crippen LogP contribution < -0.4 is 5.32 Å². The molecule has 1 aliphatic heterocycles. The van der Waals surface area contributed by atoms with Gasteiger partial charge >= 0.3 is 0 Å². The summed E-state index contributed by atoms with van der Waals surface area (Å²) in [5.74, 6) is -0.272. The molecule has 1 atom stereocenters. The molecule has 0 spiro atoms. The lowest BCUT2D eigenvalue weighted by molar-refractivity contribution is -0.115. The van der Waals surface area contributed by atoms with Crippen molar-refractivity contribution < 1.29 is 17.9 Å². The number of nitrogens with one attached hydrogen (secondary N) is 1. The van der Waals surface area contributed by atoms with E-state index in [1.807, 2.05) is 0 Å². The first-order valence-electron chi connectivity index (χ1n) is 8.74. The van der Waals surface area contributed by atoms with Gasteiger partial charge in [0, 0.05) is 19.3 Å². The second kappa shape index (κ2) is 9.63. The van der Waals surface area contributed by atoms with E-state index in [4.69, 9.17) is 27.9 Å². The van der Waals surface area contributed by atoms with Crippen molar-refractivity contribution in [3.05, 3.63) is 46.6 Å². The van der Waals surface area contributed by atoms with Crippen LogP contribution in [-0.2, 0) is 19.6 Å². The van der Waals surface area contributed by atoms with Crippen molar-refractivity contribution in [1.82, 2.24) is 9.29 Å². The molecule has 0 saturated carbocycles. The number of rotatable bonds is 6. The van der Waals surface area contributed by atoms with Crippen LogP contribution in [0.4, 0.5) is 5.69 Å². The van der Waals surface area contributed by atoms with Gasteiger partial charge in [0.15, 0.2) is 0 Å². The van der Waals surface area contributed by atoms with Crippen LogP contribution in [0.3, 0.4) is 0 Å². The van der Waals surface area contributed by atoms with Crippen LogP contribution in [0, 0.1) is 0 Å². The highest BCUT2D eigenvalue weighted by atomic mass is 35.5. The summed E-state index contributed by atoms with van der Waals surface area (Å²) < 4.78 is 31.8. The van der Waals surface area contributed by atoms with Crippen molar-refractivity contribution in [2.45, 2.75) is 22.1 Å². The number of nitrogens with zero attached hydrogens (tertiary/aromatic N) is 2. The maximum absolute atomic E-state index is 12.6. The van der Waals surface area contributed by atoms with Crippen LogP contribution in [0.15, 0.2) is 46.5 Å². The molecule has 1 aliphatic rings. The topological polar surface area (TPSA) is 88.6 Å². The Kier molecular flexibility index (Phi) is 7.42. The Morgan fingerprint density at radius 1 is 1.24 bits per heavy atom. The second-order valence-corrected chi connectivity index (χ2v) is 10.3. The summed E-state index contributed by atoms with van der Waals surface area (Å²) in [7, 11) is -3.60. The number of benzene rings is 1. The summed E-state index contributed by atoms with van der Waals surface area (Å²) >= 11 is 13.3. The Morgan fingerprint density at radius 3 is 2.62 bits per heavy atom. The van der Waals surface area contributed by atoms with Gasteiger partial charge in [-0.3, -0.25) is 4.79 Å². The minimum absolute atomic E-state index is 0.117. The van der Waals surface area contributed by atoms with Gasteiger partial charge in [-0.25, -0.2) is 13.4 Å². The largest absolute Gasteiger partial charge is 0.379 e. The van der Waals surface area contributed by atoms with Crippen LogP contribution in [0.2, 0.25) is 10.0 Å². The third kappa shape index (κ3) is 5.42. The van der Waals surface area contributed by atoms with Gasteiger partial charge in [0.05, 0.1) is 39.2 Å². The van der Waals surface area contributed by atoms with Crippen LogP contribution >= 0.6 is 35.0 Å². The normalized spacial score (nSPS) is 16.4. The van der Waals surface area contributed by atoms with E-state index in [1.165, 1.54) is 28.3 Å². The van der Waals surface area contributed by atoms with Gasteiger partial charge in [0.2, 0.25) is 15.9 Å². The molecular weight excluding hydrogens is 457 g/mol. The highest BCUT2D eigenvalue weighted by Gasteiger charge is 2.26. The average Bonchev–Trinajstić information content (AvgIpc) is 2.72. The van der Waals surface area contributed by atoms with Gasteiger partial charge in [0.25, 0.3) is 0 Å². The number of hydrogen-bond acceptors (Lipinski definition) is 6. The number of anilines is 1. The third-order valence-electron chi connectivity index (χ3n) is 4.19. The van der Waals surface area contributed by atoms with Crippen LogP contribution in [-0.4, -0.2) is 55.2 Å². The Labute approximate surface area is 183 Å². The zero-order valence-corrected chi connectivity index (χ0v) is 18.6. The lowest BCUT2D eigenvalue weighted by Gasteiger charge is -2.25. The highest BCUT2D eigenvalue weighted by molar-refractivity contribution is 8.00. The molecule has 0 radical (unpaired) electrons. The summed E-state index contributed by atoms with van der Waals surface area (Å²) in [5, 5.41) is 3.40. The van der Waals surface area contributed by atoms with Gasteiger partial charge in [-0.15, -0.1) is 0 Å². The quantitative estimate of drug-likeness (QED) is 0.642. The standard InChI is InChI=1S/C18H19Cl2N3O4S2/c1-12(18(24)22-15-4-2-3-14(19)17(15)20)28-16-6-5-13(11-21-16)29(25,26)23-7-9-27-10-8-23/h2-6,11-12H,7-10H2,1H3,(H,22,24). The van der Waals surface area contributed by atoms with Gasteiger partial charge in [-0.05, 0) is 31.2 Å². The Balaban J connectivity index is 1.64. The predicted octanol–water partition coefficient (Wildman–Crippen LogP) is 3.53. The third-order valence-corrected chi connectivity index (χ3v) is 7.94. The Morgan fingerprint density at radius 2 is 1.97 bits per heavy atom.